The Labute approximate surface area is 119 Å². The molecular weight excluding hydrogens is 291 g/mol. The number of hydrogen-bond acceptors (Lipinski definition) is 2. The van der Waals surface area contributed by atoms with Crippen LogP contribution in [-0.4, -0.2) is 6.61 Å². The van der Waals surface area contributed by atoms with Crippen molar-refractivity contribution in [3.63, 3.8) is 0 Å². The molecule has 2 aromatic rings. The molecule has 0 aliphatic heterocycles. The van der Waals surface area contributed by atoms with E-state index in [0.717, 1.165) is 0 Å². The fourth-order valence-electron chi connectivity index (χ4n) is 1.67. The number of halogens is 4. The van der Waals surface area contributed by atoms with Crippen molar-refractivity contribution < 1.29 is 17.9 Å². The third-order valence-electron chi connectivity index (χ3n) is 2.59. The molecular formula is C14H11ClF3NO. The van der Waals surface area contributed by atoms with E-state index in [9.17, 15) is 13.2 Å². The Bertz CT molecular complexity index is 592. The van der Waals surface area contributed by atoms with Gasteiger partial charge in [-0.15, -0.1) is 0 Å². The quantitative estimate of drug-likeness (QED) is 0.865. The first-order valence-electron chi connectivity index (χ1n) is 5.78. The van der Waals surface area contributed by atoms with Gasteiger partial charge in [-0.3, -0.25) is 0 Å². The highest BCUT2D eigenvalue weighted by atomic mass is 35.5. The largest absolute Gasteiger partial charge is 0.433 e. The van der Waals surface area contributed by atoms with Crippen LogP contribution in [0.4, 0.5) is 18.9 Å². The highest BCUT2D eigenvalue weighted by Crippen LogP contribution is 2.27. The van der Waals surface area contributed by atoms with Gasteiger partial charge in [-0.1, -0.05) is 29.8 Å². The third-order valence-corrected chi connectivity index (χ3v) is 2.94. The van der Waals surface area contributed by atoms with Gasteiger partial charge in [0.05, 0.1) is 5.69 Å². The molecule has 0 amide bonds. The lowest BCUT2D eigenvalue weighted by molar-refractivity contribution is -0.0493. The van der Waals surface area contributed by atoms with Gasteiger partial charge in [0.2, 0.25) is 0 Å². The maximum atomic E-state index is 12.9. The van der Waals surface area contributed by atoms with Crippen molar-refractivity contribution in [3.05, 3.63) is 58.9 Å². The topological polar surface area (TPSA) is 21.3 Å². The summed E-state index contributed by atoms with van der Waals surface area (Å²) in [6.07, 6.45) is 0. The summed E-state index contributed by atoms with van der Waals surface area (Å²) >= 11 is 5.89. The second kappa shape index (κ2) is 6.52. The first kappa shape index (κ1) is 14.5. The van der Waals surface area contributed by atoms with E-state index >= 15 is 0 Å². The van der Waals surface area contributed by atoms with Crippen molar-refractivity contribution in [2.24, 2.45) is 0 Å². The summed E-state index contributed by atoms with van der Waals surface area (Å²) < 4.78 is 41.8. The molecule has 0 saturated heterocycles. The highest BCUT2D eigenvalue weighted by molar-refractivity contribution is 6.31. The molecule has 0 aliphatic carbocycles. The Kier molecular flexibility index (Phi) is 4.74. The van der Waals surface area contributed by atoms with Crippen molar-refractivity contribution in [3.8, 4) is 5.75 Å². The number of rotatable bonds is 5. The monoisotopic (exact) mass is 301 g/mol. The second-order valence-corrected chi connectivity index (χ2v) is 4.37. The van der Waals surface area contributed by atoms with Crippen molar-refractivity contribution >= 4 is 17.3 Å². The average molecular weight is 302 g/mol. The number of hydrogen-bond donors (Lipinski definition) is 1. The summed E-state index contributed by atoms with van der Waals surface area (Å²) in [7, 11) is 0. The molecule has 2 rings (SSSR count). The smallest absolute Gasteiger partial charge is 0.387 e. The zero-order chi connectivity index (χ0) is 14.5. The van der Waals surface area contributed by atoms with Crippen LogP contribution < -0.4 is 10.1 Å². The Morgan fingerprint density at radius 2 is 1.90 bits per heavy atom. The molecule has 2 aromatic carbocycles. The van der Waals surface area contributed by atoms with Gasteiger partial charge in [-0.2, -0.15) is 8.78 Å². The third kappa shape index (κ3) is 3.81. The molecule has 0 radical (unpaired) electrons. The van der Waals surface area contributed by atoms with Crippen LogP contribution in [0.15, 0.2) is 42.5 Å². The molecule has 0 atom stereocenters. The van der Waals surface area contributed by atoms with Gasteiger partial charge >= 0.3 is 6.61 Å². The van der Waals surface area contributed by atoms with Crippen LogP contribution in [0.1, 0.15) is 5.56 Å². The molecule has 0 spiro atoms. The summed E-state index contributed by atoms with van der Waals surface area (Å²) in [4.78, 5) is 0. The molecule has 106 valence electrons. The zero-order valence-electron chi connectivity index (χ0n) is 10.2. The lowest BCUT2D eigenvalue weighted by atomic mass is 10.2. The minimum Gasteiger partial charge on any atom is -0.433 e. The van der Waals surface area contributed by atoms with Gasteiger partial charge in [-0.05, 0) is 29.8 Å². The van der Waals surface area contributed by atoms with Gasteiger partial charge in [0.1, 0.15) is 11.6 Å². The molecule has 0 unspecified atom stereocenters. The van der Waals surface area contributed by atoms with Gasteiger partial charge in [0.15, 0.2) is 0 Å². The molecule has 1 N–H and O–H groups in total. The molecule has 20 heavy (non-hydrogen) atoms. The Morgan fingerprint density at radius 1 is 1.15 bits per heavy atom. The van der Waals surface area contributed by atoms with Crippen molar-refractivity contribution in [2.45, 2.75) is 13.2 Å². The highest BCUT2D eigenvalue weighted by Gasteiger charge is 2.09. The maximum Gasteiger partial charge on any atom is 0.387 e. The summed E-state index contributed by atoms with van der Waals surface area (Å²) in [6.45, 7) is -2.63. The Hall–Kier alpha value is -1.88. The summed E-state index contributed by atoms with van der Waals surface area (Å²) in [6, 6.07) is 10.3. The van der Waals surface area contributed by atoms with Crippen LogP contribution in [0.5, 0.6) is 5.75 Å². The number of benzene rings is 2. The van der Waals surface area contributed by atoms with Crippen LogP contribution in [0.3, 0.4) is 0 Å². The summed E-state index contributed by atoms with van der Waals surface area (Å²) in [5.41, 5.74) is 1.06. The zero-order valence-corrected chi connectivity index (χ0v) is 11.0. The molecule has 0 bridgehead atoms. The van der Waals surface area contributed by atoms with Crippen LogP contribution in [-0.2, 0) is 6.54 Å². The normalized spacial score (nSPS) is 10.7. The number of nitrogens with one attached hydrogen (secondary N) is 1. The van der Waals surface area contributed by atoms with Gasteiger partial charge in [0, 0.05) is 11.6 Å². The Morgan fingerprint density at radius 3 is 2.60 bits per heavy atom. The average Bonchev–Trinajstić information content (AvgIpc) is 2.39. The molecule has 0 saturated carbocycles. The number of para-hydroxylation sites is 2. The fourth-order valence-corrected chi connectivity index (χ4v) is 1.90. The van der Waals surface area contributed by atoms with Gasteiger partial charge < -0.3 is 10.1 Å². The number of alkyl halides is 2. The Balaban J connectivity index is 2.10. The standard InChI is InChI=1S/C14H11ClF3NO/c15-11-7-10(16)6-5-9(11)8-19-12-3-1-2-4-13(12)20-14(17)18/h1-7,14,19H,8H2. The SMILES string of the molecule is Fc1ccc(CNc2ccccc2OC(F)F)c(Cl)c1. The minimum absolute atomic E-state index is 0.0423. The lowest BCUT2D eigenvalue weighted by Crippen LogP contribution is -2.06. The van der Waals surface area contributed by atoms with Gasteiger partial charge in [0.25, 0.3) is 0 Å². The molecule has 6 heteroatoms. The molecule has 0 aliphatic rings. The van der Waals surface area contributed by atoms with E-state index in [1.54, 1.807) is 18.2 Å². The van der Waals surface area contributed by atoms with E-state index in [2.05, 4.69) is 10.1 Å². The predicted molar refractivity (Wildman–Crippen MR) is 71.8 cm³/mol. The second-order valence-electron chi connectivity index (χ2n) is 3.96. The molecule has 2 nitrogen and oxygen atoms in total. The van der Waals surface area contributed by atoms with E-state index in [1.807, 2.05) is 0 Å². The van der Waals surface area contributed by atoms with Crippen molar-refractivity contribution in [1.82, 2.24) is 0 Å². The number of ether oxygens (including phenoxy) is 1. The van der Waals surface area contributed by atoms with E-state index in [1.165, 1.54) is 24.3 Å². The molecule has 0 aromatic heterocycles. The van der Waals surface area contributed by atoms with Gasteiger partial charge in [-0.25, -0.2) is 4.39 Å². The summed E-state index contributed by atoms with van der Waals surface area (Å²) in [5.74, 6) is -0.388. The maximum absolute atomic E-state index is 12.9. The number of anilines is 1. The van der Waals surface area contributed by atoms with E-state index < -0.39 is 12.4 Å². The molecule has 0 fully saturated rings. The van der Waals surface area contributed by atoms with Crippen LogP contribution in [0, 0.1) is 5.82 Å². The van der Waals surface area contributed by atoms with E-state index in [4.69, 9.17) is 11.6 Å². The van der Waals surface area contributed by atoms with Crippen LogP contribution in [0.25, 0.3) is 0 Å². The van der Waals surface area contributed by atoms with Crippen LogP contribution in [0.2, 0.25) is 5.02 Å². The minimum atomic E-state index is -2.90. The first-order chi connectivity index (χ1) is 9.56. The lowest BCUT2D eigenvalue weighted by Gasteiger charge is -2.13. The van der Waals surface area contributed by atoms with Crippen LogP contribution >= 0.6 is 11.6 Å². The summed E-state index contributed by atoms with van der Waals surface area (Å²) in [5, 5.41) is 3.20. The van der Waals surface area contributed by atoms with Crippen molar-refractivity contribution in [2.75, 3.05) is 5.32 Å². The molecule has 0 heterocycles. The van der Waals surface area contributed by atoms with E-state index in [-0.39, 0.29) is 17.3 Å². The van der Waals surface area contributed by atoms with Crippen molar-refractivity contribution in [1.29, 1.82) is 0 Å². The predicted octanol–water partition coefficient (Wildman–Crippen LogP) is 4.69. The fraction of sp³-hybridized carbons (Fsp3) is 0.143. The van der Waals surface area contributed by atoms with E-state index in [0.29, 0.717) is 11.3 Å². The first-order valence-corrected chi connectivity index (χ1v) is 6.15.